The molecule has 162 valence electrons. The number of nitrogens with one attached hydrogen (secondary N) is 1. The van der Waals surface area contributed by atoms with Crippen LogP contribution in [0.5, 0.6) is 11.5 Å². The molecule has 0 saturated carbocycles. The van der Waals surface area contributed by atoms with Crippen LogP contribution in [0.4, 0.5) is 9.18 Å². The Labute approximate surface area is 185 Å². The van der Waals surface area contributed by atoms with Crippen LogP contribution in [0.15, 0.2) is 46.6 Å². The molecule has 0 bridgehead atoms. The van der Waals surface area contributed by atoms with E-state index in [1.54, 1.807) is 37.3 Å². The smallest absolute Gasteiger partial charge is 0.329 e. The number of carbonyl (C=O) groups is 3. The second-order valence-corrected chi connectivity index (χ2v) is 7.26. The average Bonchev–Trinajstić information content (AvgIpc) is 2.97. The van der Waals surface area contributed by atoms with Crippen molar-refractivity contribution in [3.8, 4) is 11.5 Å². The molecule has 3 amide bonds. The highest BCUT2D eigenvalue weighted by Crippen LogP contribution is 2.35. The molecule has 1 aliphatic heterocycles. The number of carbonyl (C=O) groups excluding carboxylic acids is 2. The van der Waals surface area contributed by atoms with E-state index in [4.69, 9.17) is 14.6 Å². The van der Waals surface area contributed by atoms with E-state index in [0.717, 1.165) is 0 Å². The molecule has 2 N–H and O–H groups in total. The van der Waals surface area contributed by atoms with Gasteiger partial charge in [-0.25, -0.2) is 14.1 Å². The maximum absolute atomic E-state index is 13.9. The first-order valence-corrected chi connectivity index (χ1v) is 9.98. The summed E-state index contributed by atoms with van der Waals surface area (Å²) in [6.45, 7) is 1.36. The summed E-state index contributed by atoms with van der Waals surface area (Å²) in [6.07, 6.45) is 1.40. The molecule has 0 unspecified atom stereocenters. The highest BCUT2D eigenvalue weighted by atomic mass is 79.9. The van der Waals surface area contributed by atoms with Crippen molar-refractivity contribution in [1.82, 2.24) is 10.2 Å². The van der Waals surface area contributed by atoms with Crippen LogP contribution in [0.3, 0.4) is 0 Å². The summed E-state index contributed by atoms with van der Waals surface area (Å²) in [5.74, 6) is -1.73. The molecule has 1 fully saturated rings. The Morgan fingerprint density at radius 1 is 1.23 bits per heavy atom. The number of rotatable bonds is 8. The number of carboxylic acids is 1. The summed E-state index contributed by atoms with van der Waals surface area (Å²) in [5.41, 5.74) is 0.794. The minimum Gasteiger partial charge on any atom is -0.490 e. The van der Waals surface area contributed by atoms with Crippen LogP contribution in [0, 0.1) is 5.82 Å². The number of hydrogen-bond acceptors (Lipinski definition) is 5. The van der Waals surface area contributed by atoms with Crippen LogP contribution in [0.2, 0.25) is 0 Å². The zero-order chi connectivity index (χ0) is 22.5. The van der Waals surface area contributed by atoms with E-state index in [2.05, 4.69) is 21.2 Å². The molecule has 3 rings (SSSR count). The molecule has 31 heavy (non-hydrogen) atoms. The Bertz CT molecular complexity index is 1070. The van der Waals surface area contributed by atoms with Crippen molar-refractivity contribution < 1.29 is 33.4 Å². The van der Waals surface area contributed by atoms with Crippen LogP contribution in [-0.2, 0) is 16.2 Å². The second kappa shape index (κ2) is 9.61. The van der Waals surface area contributed by atoms with Crippen molar-refractivity contribution in [1.29, 1.82) is 0 Å². The number of hydrogen-bond donors (Lipinski definition) is 2. The third-order valence-electron chi connectivity index (χ3n) is 4.26. The van der Waals surface area contributed by atoms with Gasteiger partial charge in [0.15, 0.2) is 11.5 Å². The normalized spacial score (nSPS) is 14.7. The molecule has 0 radical (unpaired) electrons. The predicted molar refractivity (Wildman–Crippen MR) is 112 cm³/mol. The molecule has 10 heteroatoms. The van der Waals surface area contributed by atoms with Gasteiger partial charge in [-0.2, -0.15) is 0 Å². The molecule has 2 aromatic carbocycles. The first kappa shape index (κ1) is 22.3. The summed E-state index contributed by atoms with van der Waals surface area (Å²) in [5, 5.41) is 11.2. The van der Waals surface area contributed by atoms with Crippen LogP contribution in [-0.4, -0.2) is 41.1 Å². The Morgan fingerprint density at radius 2 is 1.94 bits per heavy atom. The summed E-state index contributed by atoms with van der Waals surface area (Å²) in [7, 11) is 0. The van der Waals surface area contributed by atoms with Gasteiger partial charge in [-0.1, -0.05) is 34.1 Å². The van der Waals surface area contributed by atoms with Crippen molar-refractivity contribution in [3.05, 3.63) is 63.5 Å². The van der Waals surface area contributed by atoms with Gasteiger partial charge in [0.05, 0.1) is 6.61 Å². The van der Waals surface area contributed by atoms with E-state index < -0.39 is 24.5 Å². The van der Waals surface area contributed by atoms with Crippen molar-refractivity contribution in [3.63, 3.8) is 0 Å². The van der Waals surface area contributed by atoms with E-state index >= 15 is 0 Å². The lowest BCUT2D eigenvalue weighted by Gasteiger charge is -2.14. The van der Waals surface area contributed by atoms with Gasteiger partial charge in [-0.05, 0) is 36.8 Å². The molecule has 0 spiro atoms. The largest absolute Gasteiger partial charge is 0.490 e. The monoisotopic (exact) mass is 492 g/mol. The molecule has 0 aliphatic carbocycles. The Kier molecular flexibility index (Phi) is 6.91. The summed E-state index contributed by atoms with van der Waals surface area (Å²) in [6, 6.07) is 8.63. The second-order valence-electron chi connectivity index (χ2n) is 6.41. The quantitative estimate of drug-likeness (QED) is 0.431. The van der Waals surface area contributed by atoms with E-state index in [-0.39, 0.29) is 18.1 Å². The van der Waals surface area contributed by atoms with Crippen LogP contribution in [0.25, 0.3) is 6.08 Å². The molecule has 8 nitrogen and oxygen atoms in total. The number of aliphatic carboxylic acids is 1. The first-order valence-electron chi connectivity index (χ1n) is 9.19. The number of benzene rings is 2. The molecule has 1 aliphatic rings. The number of amides is 3. The van der Waals surface area contributed by atoms with Gasteiger partial charge < -0.3 is 19.9 Å². The molecular weight excluding hydrogens is 475 g/mol. The maximum atomic E-state index is 13.9. The predicted octanol–water partition coefficient (Wildman–Crippen LogP) is 3.54. The molecule has 1 heterocycles. The van der Waals surface area contributed by atoms with E-state index in [1.165, 1.54) is 12.1 Å². The molecule has 0 aromatic heterocycles. The molecular formula is C21H18BrFN2O6. The number of ether oxygens (including phenoxy) is 2. The van der Waals surface area contributed by atoms with Gasteiger partial charge in [-0.3, -0.25) is 9.59 Å². The molecule has 1 saturated heterocycles. The SMILES string of the molecule is CCOc1cc(/C=C2/NC(=O)N(CC(=O)O)C2=O)c(Br)cc1OCc1ccccc1F. The number of halogens is 2. The van der Waals surface area contributed by atoms with Crippen LogP contribution >= 0.6 is 15.9 Å². The first-order chi connectivity index (χ1) is 14.8. The molecule has 2 aromatic rings. The van der Waals surface area contributed by atoms with Crippen molar-refractivity contribution >= 4 is 39.9 Å². The van der Waals surface area contributed by atoms with Crippen molar-refractivity contribution in [2.45, 2.75) is 13.5 Å². The van der Waals surface area contributed by atoms with E-state index in [9.17, 15) is 18.8 Å². The molecule has 0 atom stereocenters. The minimum absolute atomic E-state index is 0.0156. The van der Waals surface area contributed by atoms with Gasteiger partial charge >= 0.3 is 12.0 Å². The number of imide groups is 1. The van der Waals surface area contributed by atoms with Gasteiger partial charge in [0.2, 0.25) is 0 Å². The minimum atomic E-state index is -1.30. The fourth-order valence-corrected chi connectivity index (χ4v) is 3.26. The topological polar surface area (TPSA) is 105 Å². The zero-order valence-electron chi connectivity index (χ0n) is 16.4. The highest BCUT2D eigenvalue weighted by Gasteiger charge is 2.35. The Balaban J connectivity index is 1.87. The fourth-order valence-electron chi connectivity index (χ4n) is 2.82. The average molecular weight is 493 g/mol. The standard InChI is InChI=1S/C21H18BrFN2O6/c1-2-30-17-8-13(7-16-20(28)25(10-19(26)27)21(29)24-16)14(22)9-18(17)31-11-12-5-3-4-6-15(12)23/h3-9H,2,10-11H2,1H3,(H,24,29)(H,26,27)/b16-7+. The van der Waals surface area contributed by atoms with Crippen molar-refractivity contribution in [2.75, 3.05) is 13.2 Å². The number of carboxylic acid groups (broad SMARTS) is 1. The van der Waals surface area contributed by atoms with Crippen LogP contribution in [0.1, 0.15) is 18.1 Å². The number of nitrogens with zero attached hydrogens (tertiary/aromatic N) is 1. The zero-order valence-corrected chi connectivity index (χ0v) is 17.9. The lowest BCUT2D eigenvalue weighted by atomic mass is 10.1. The lowest BCUT2D eigenvalue weighted by Crippen LogP contribution is -2.35. The summed E-state index contributed by atoms with van der Waals surface area (Å²) >= 11 is 3.38. The third-order valence-corrected chi connectivity index (χ3v) is 4.95. The van der Waals surface area contributed by atoms with Crippen LogP contribution < -0.4 is 14.8 Å². The highest BCUT2D eigenvalue weighted by molar-refractivity contribution is 9.10. The third kappa shape index (κ3) is 5.21. The van der Waals surface area contributed by atoms with E-state index in [0.29, 0.717) is 38.6 Å². The Morgan fingerprint density at radius 3 is 2.61 bits per heavy atom. The fraction of sp³-hybridized carbons (Fsp3) is 0.190. The maximum Gasteiger partial charge on any atom is 0.329 e. The lowest BCUT2D eigenvalue weighted by molar-refractivity contribution is -0.140. The summed E-state index contributed by atoms with van der Waals surface area (Å²) in [4.78, 5) is 35.7. The van der Waals surface area contributed by atoms with Gasteiger partial charge in [-0.15, -0.1) is 0 Å². The summed E-state index contributed by atoms with van der Waals surface area (Å²) < 4.78 is 25.7. The van der Waals surface area contributed by atoms with Crippen molar-refractivity contribution in [2.24, 2.45) is 0 Å². The Hall–Kier alpha value is -3.40. The number of urea groups is 1. The van der Waals surface area contributed by atoms with E-state index in [1.807, 2.05) is 0 Å². The van der Waals surface area contributed by atoms with Gasteiger partial charge in [0.1, 0.15) is 24.7 Å². The van der Waals surface area contributed by atoms with Gasteiger partial charge in [0, 0.05) is 10.0 Å². The van der Waals surface area contributed by atoms with Gasteiger partial charge in [0.25, 0.3) is 5.91 Å².